The Bertz CT molecular complexity index is 587. The van der Waals surface area contributed by atoms with Gasteiger partial charge in [0.1, 0.15) is 0 Å². The van der Waals surface area contributed by atoms with Crippen LogP contribution in [-0.2, 0) is 9.53 Å². The Balaban J connectivity index is 1.85. The van der Waals surface area contributed by atoms with Crippen LogP contribution in [0.25, 0.3) is 6.08 Å². The molecule has 0 spiro atoms. The van der Waals surface area contributed by atoms with E-state index in [0.717, 1.165) is 12.1 Å². The van der Waals surface area contributed by atoms with Crippen LogP contribution < -0.4 is 5.32 Å². The number of amides is 1. The summed E-state index contributed by atoms with van der Waals surface area (Å²) in [4.78, 5) is 23.3. The number of ether oxygens (including phenoxy) is 1. The first kappa shape index (κ1) is 17.3. The lowest BCUT2D eigenvalue weighted by Gasteiger charge is -2.26. The van der Waals surface area contributed by atoms with Crippen LogP contribution in [0.4, 0.5) is 0 Å². The van der Waals surface area contributed by atoms with Crippen LogP contribution in [0.2, 0.25) is 0 Å². The van der Waals surface area contributed by atoms with Gasteiger partial charge in [-0.05, 0) is 47.9 Å². The molecule has 0 heterocycles. The van der Waals surface area contributed by atoms with Gasteiger partial charge in [-0.2, -0.15) is 0 Å². The molecule has 1 atom stereocenters. The smallest absolute Gasteiger partial charge is 0.337 e. The Morgan fingerprint density at radius 3 is 2.57 bits per heavy atom. The van der Waals surface area contributed by atoms with E-state index < -0.39 is 0 Å². The van der Waals surface area contributed by atoms with E-state index in [0.29, 0.717) is 16.9 Å². The highest BCUT2D eigenvalue weighted by Gasteiger charge is 2.34. The van der Waals surface area contributed by atoms with Gasteiger partial charge >= 0.3 is 5.97 Å². The van der Waals surface area contributed by atoms with Crippen molar-refractivity contribution in [2.45, 2.75) is 33.1 Å². The first-order valence-electron chi connectivity index (χ1n) is 8.06. The monoisotopic (exact) mass is 315 g/mol. The molecule has 2 rings (SSSR count). The average molecular weight is 315 g/mol. The summed E-state index contributed by atoms with van der Waals surface area (Å²) in [6.45, 7) is 5.28. The van der Waals surface area contributed by atoms with Crippen molar-refractivity contribution in [3.05, 3.63) is 41.5 Å². The summed E-state index contributed by atoms with van der Waals surface area (Å²) in [6, 6.07) is 6.95. The maximum absolute atomic E-state index is 11.9. The van der Waals surface area contributed by atoms with E-state index >= 15 is 0 Å². The summed E-state index contributed by atoms with van der Waals surface area (Å²) < 4.78 is 4.65. The molecule has 1 aromatic rings. The number of rotatable bonds is 5. The zero-order valence-electron chi connectivity index (χ0n) is 14.1. The Morgan fingerprint density at radius 1 is 1.30 bits per heavy atom. The Morgan fingerprint density at radius 2 is 2.00 bits per heavy atom. The maximum Gasteiger partial charge on any atom is 0.337 e. The van der Waals surface area contributed by atoms with Gasteiger partial charge in [-0.25, -0.2) is 4.79 Å². The van der Waals surface area contributed by atoms with Crippen molar-refractivity contribution in [2.24, 2.45) is 11.3 Å². The lowest BCUT2D eigenvalue weighted by molar-refractivity contribution is -0.116. The zero-order chi connectivity index (χ0) is 16.9. The predicted molar refractivity (Wildman–Crippen MR) is 90.9 cm³/mol. The number of carbonyl (C=O) groups is 2. The molecule has 0 saturated heterocycles. The molecule has 4 heteroatoms. The summed E-state index contributed by atoms with van der Waals surface area (Å²) in [5.74, 6) is 0.112. The SMILES string of the molecule is COC(=O)c1ccc(C=CC(=O)NCC2CCCC2(C)C)cc1. The van der Waals surface area contributed by atoms with E-state index in [1.54, 1.807) is 30.3 Å². The molecule has 0 aromatic heterocycles. The van der Waals surface area contributed by atoms with Gasteiger partial charge in [-0.3, -0.25) is 4.79 Å². The Hall–Kier alpha value is -2.10. The third-order valence-corrected chi connectivity index (χ3v) is 4.76. The molecule has 0 radical (unpaired) electrons. The topological polar surface area (TPSA) is 55.4 Å². The van der Waals surface area contributed by atoms with E-state index in [2.05, 4.69) is 23.9 Å². The number of carbonyl (C=O) groups excluding carboxylic acids is 2. The summed E-state index contributed by atoms with van der Waals surface area (Å²) in [5.41, 5.74) is 1.69. The van der Waals surface area contributed by atoms with Gasteiger partial charge in [0.05, 0.1) is 12.7 Å². The van der Waals surface area contributed by atoms with Crippen LogP contribution in [0.5, 0.6) is 0 Å². The quantitative estimate of drug-likeness (QED) is 0.669. The highest BCUT2D eigenvalue weighted by atomic mass is 16.5. The molecule has 1 aromatic carbocycles. The standard InChI is InChI=1S/C19H25NO3/c1-19(2)12-4-5-16(19)13-20-17(21)11-8-14-6-9-15(10-7-14)18(22)23-3/h6-11,16H,4-5,12-13H2,1-3H3,(H,20,21). The molecule has 23 heavy (non-hydrogen) atoms. The van der Waals surface area contributed by atoms with Crippen LogP contribution in [0.3, 0.4) is 0 Å². The number of benzene rings is 1. The molecule has 1 aliphatic carbocycles. The number of nitrogens with one attached hydrogen (secondary N) is 1. The molecule has 1 unspecified atom stereocenters. The van der Waals surface area contributed by atoms with Crippen molar-refractivity contribution in [3.63, 3.8) is 0 Å². The van der Waals surface area contributed by atoms with Gasteiger partial charge < -0.3 is 10.1 Å². The molecule has 0 aliphatic heterocycles. The molecule has 124 valence electrons. The molecule has 1 fully saturated rings. The fourth-order valence-corrected chi connectivity index (χ4v) is 3.08. The lowest BCUT2D eigenvalue weighted by atomic mass is 9.82. The molecular formula is C19H25NO3. The number of hydrogen-bond donors (Lipinski definition) is 1. The minimum Gasteiger partial charge on any atom is -0.465 e. The predicted octanol–water partition coefficient (Wildman–Crippen LogP) is 3.43. The first-order chi connectivity index (χ1) is 10.9. The maximum atomic E-state index is 11.9. The second-order valence-corrected chi connectivity index (χ2v) is 6.77. The van der Waals surface area contributed by atoms with Crippen molar-refractivity contribution in [3.8, 4) is 0 Å². The molecular weight excluding hydrogens is 290 g/mol. The molecule has 1 saturated carbocycles. The summed E-state index contributed by atoms with van der Waals surface area (Å²) in [6.07, 6.45) is 6.95. The van der Waals surface area contributed by atoms with E-state index in [1.165, 1.54) is 32.4 Å². The van der Waals surface area contributed by atoms with Crippen LogP contribution in [0.1, 0.15) is 49.0 Å². The average Bonchev–Trinajstić information content (AvgIpc) is 2.89. The van der Waals surface area contributed by atoms with Crippen molar-refractivity contribution >= 4 is 18.0 Å². The fraction of sp³-hybridized carbons (Fsp3) is 0.474. The van der Waals surface area contributed by atoms with Crippen LogP contribution in [-0.4, -0.2) is 25.5 Å². The minimum absolute atomic E-state index is 0.0789. The van der Waals surface area contributed by atoms with Gasteiger partial charge in [0.2, 0.25) is 5.91 Å². The van der Waals surface area contributed by atoms with Gasteiger partial charge in [-0.15, -0.1) is 0 Å². The molecule has 4 nitrogen and oxygen atoms in total. The van der Waals surface area contributed by atoms with E-state index in [9.17, 15) is 9.59 Å². The highest BCUT2D eigenvalue weighted by molar-refractivity contribution is 5.92. The lowest BCUT2D eigenvalue weighted by Crippen LogP contribution is -2.32. The zero-order valence-corrected chi connectivity index (χ0v) is 14.1. The molecule has 1 aliphatic rings. The first-order valence-corrected chi connectivity index (χ1v) is 8.06. The Labute approximate surface area is 137 Å². The highest BCUT2D eigenvalue weighted by Crippen LogP contribution is 2.41. The van der Waals surface area contributed by atoms with Crippen molar-refractivity contribution in [1.82, 2.24) is 5.32 Å². The molecule has 1 N–H and O–H groups in total. The van der Waals surface area contributed by atoms with Crippen molar-refractivity contribution in [1.29, 1.82) is 0 Å². The largest absolute Gasteiger partial charge is 0.465 e. The summed E-state index contributed by atoms with van der Waals surface area (Å²) >= 11 is 0. The second kappa shape index (κ2) is 7.44. The third-order valence-electron chi connectivity index (χ3n) is 4.76. The van der Waals surface area contributed by atoms with Gasteiger partial charge in [0, 0.05) is 12.6 Å². The van der Waals surface area contributed by atoms with Crippen molar-refractivity contribution in [2.75, 3.05) is 13.7 Å². The molecule has 1 amide bonds. The van der Waals surface area contributed by atoms with Gasteiger partial charge in [0.25, 0.3) is 0 Å². The second-order valence-electron chi connectivity index (χ2n) is 6.77. The number of esters is 1. The van der Waals surface area contributed by atoms with E-state index in [4.69, 9.17) is 0 Å². The van der Waals surface area contributed by atoms with Crippen molar-refractivity contribution < 1.29 is 14.3 Å². The van der Waals surface area contributed by atoms with Crippen LogP contribution >= 0.6 is 0 Å². The Kier molecular flexibility index (Phi) is 5.59. The van der Waals surface area contributed by atoms with E-state index in [-0.39, 0.29) is 11.9 Å². The van der Waals surface area contributed by atoms with Crippen LogP contribution in [0, 0.1) is 11.3 Å². The third kappa shape index (κ3) is 4.68. The normalized spacial score (nSPS) is 19.7. The fourth-order valence-electron chi connectivity index (χ4n) is 3.08. The summed E-state index contributed by atoms with van der Waals surface area (Å²) in [7, 11) is 1.35. The van der Waals surface area contributed by atoms with E-state index in [1.807, 2.05) is 0 Å². The minimum atomic E-state index is -0.363. The van der Waals surface area contributed by atoms with Crippen LogP contribution in [0.15, 0.2) is 30.3 Å². The molecule has 0 bridgehead atoms. The van der Waals surface area contributed by atoms with Gasteiger partial charge in [0.15, 0.2) is 0 Å². The summed E-state index contributed by atoms with van der Waals surface area (Å²) in [5, 5.41) is 2.99. The number of methoxy groups -OCH3 is 1. The number of hydrogen-bond acceptors (Lipinski definition) is 3. The van der Waals surface area contributed by atoms with Gasteiger partial charge in [-0.1, -0.05) is 32.4 Å².